The van der Waals surface area contributed by atoms with E-state index >= 15 is 0 Å². The largest absolute Gasteiger partial charge is 0.385 e. The molecule has 2 aliphatic rings. The fourth-order valence-corrected chi connectivity index (χ4v) is 4.66. The molecule has 3 heterocycles. The van der Waals surface area contributed by atoms with Crippen LogP contribution in [0.5, 0.6) is 0 Å². The van der Waals surface area contributed by atoms with Crippen molar-refractivity contribution in [2.45, 2.75) is 70.3 Å². The molecule has 5 heteroatoms. The van der Waals surface area contributed by atoms with E-state index in [2.05, 4.69) is 30.0 Å². The predicted octanol–water partition coefficient (Wildman–Crippen LogP) is 3.37. The maximum atomic E-state index is 13.6. The number of fused-ring (bicyclic) bond motifs is 2. The molecule has 25 heavy (non-hydrogen) atoms. The molecule has 134 valence electrons. The van der Waals surface area contributed by atoms with E-state index in [0.29, 0.717) is 24.9 Å². The molecule has 0 unspecified atom stereocenters. The Bertz CT molecular complexity index is 758. The molecule has 0 amide bonds. The number of hydrogen-bond acceptors (Lipinski definition) is 3. The van der Waals surface area contributed by atoms with Crippen LogP contribution in [0.4, 0.5) is 4.39 Å². The van der Waals surface area contributed by atoms with Gasteiger partial charge in [0, 0.05) is 36.9 Å². The Balaban J connectivity index is 1.55. The fourth-order valence-electron chi connectivity index (χ4n) is 4.66. The van der Waals surface area contributed by atoms with Gasteiger partial charge in [0.05, 0.1) is 11.3 Å². The summed E-state index contributed by atoms with van der Waals surface area (Å²) in [5.74, 6) is -0.275. The Kier molecular flexibility index (Phi) is 4.16. The van der Waals surface area contributed by atoms with E-state index < -0.39 is 5.60 Å². The molecular weight excluding hydrogens is 317 g/mol. The first kappa shape index (κ1) is 16.7. The topological polar surface area (TPSA) is 41.3 Å². The van der Waals surface area contributed by atoms with E-state index in [4.69, 9.17) is 0 Å². The number of piperidine rings is 1. The summed E-state index contributed by atoms with van der Waals surface area (Å²) in [6.45, 7) is 5.93. The molecule has 1 aromatic heterocycles. The van der Waals surface area contributed by atoms with Crippen molar-refractivity contribution in [1.29, 1.82) is 0 Å². The number of benzene rings is 1. The molecule has 0 spiro atoms. The fraction of sp³-hybridized carbons (Fsp3) is 0.550. The summed E-state index contributed by atoms with van der Waals surface area (Å²) in [5, 5.41) is 15.8. The number of nitrogens with zero attached hydrogens (tertiary/aromatic N) is 3. The van der Waals surface area contributed by atoms with E-state index in [9.17, 15) is 9.50 Å². The van der Waals surface area contributed by atoms with Gasteiger partial charge in [-0.2, -0.15) is 5.10 Å². The standard InChI is InChI=1S/C20H26FN3O/c1-3-23-12-15(14(2)22-23)13-24-18-7-8-19(24)11-20(25,10-18)16-5-4-6-17(21)9-16/h4-6,9,12,18-19,25H,3,7-8,10-11,13H2,1-2H3/t18-,19-/m0/s1. The first-order chi connectivity index (χ1) is 12.0. The van der Waals surface area contributed by atoms with Crippen LogP contribution >= 0.6 is 0 Å². The average Bonchev–Trinajstić information content (AvgIpc) is 3.06. The minimum absolute atomic E-state index is 0.275. The third-order valence-electron chi connectivity index (χ3n) is 6.00. The summed E-state index contributed by atoms with van der Waals surface area (Å²) in [5.41, 5.74) is 2.17. The van der Waals surface area contributed by atoms with Gasteiger partial charge < -0.3 is 5.11 Å². The Hall–Kier alpha value is -1.72. The molecule has 2 bridgehead atoms. The van der Waals surface area contributed by atoms with Gasteiger partial charge in [0.1, 0.15) is 5.82 Å². The second-order valence-corrected chi connectivity index (χ2v) is 7.60. The van der Waals surface area contributed by atoms with Crippen molar-refractivity contribution in [2.24, 2.45) is 0 Å². The van der Waals surface area contributed by atoms with Crippen LogP contribution < -0.4 is 0 Å². The van der Waals surface area contributed by atoms with E-state index in [1.165, 1.54) is 17.7 Å². The predicted molar refractivity (Wildman–Crippen MR) is 94.5 cm³/mol. The van der Waals surface area contributed by atoms with Gasteiger partial charge in [-0.3, -0.25) is 9.58 Å². The second-order valence-electron chi connectivity index (χ2n) is 7.60. The Morgan fingerprint density at radius 1 is 1.28 bits per heavy atom. The van der Waals surface area contributed by atoms with Gasteiger partial charge >= 0.3 is 0 Å². The Labute approximate surface area is 148 Å². The van der Waals surface area contributed by atoms with Gasteiger partial charge in [0.25, 0.3) is 0 Å². The van der Waals surface area contributed by atoms with Crippen LogP contribution in [0.1, 0.15) is 49.4 Å². The summed E-state index contributed by atoms with van der Waals surface area (Å²) in [6, 6.07) is 7.16. The van der Waals surface area contributed by atoms with Gasteiger partial charge in [0.15, 0.2) is 0 Å². The van der Waals surface area contributed by atoms with Crippen LogP contribution in [0.15, 0.2) is 30.5 Å². The molecule has 1 aromatic carbocycles. The zero-order chi connectivity index (χ0) is 17.6. The van der Waals surface area contributed by atoms with E-state index in [1.807, 2.05) is 10.7 Å². The minimum atomic E-state index is -0.910. The lowest BCUT2D eigenvalue weighted by Gasteiger charge is -2.44. The van der Waals surface area contributed by atoms with Crippen LogP contribution in [0.25, 0.3) is 0 Å². The molecule has 4 rings (SSSR count). The molecule has 2 aliphatic heterocycles. The maximum absolute atomic E-state index is 13.6. The molecule has 2 saturated heterocycles. The number of rotatable bonds is 4. The van der Waals surface area contributed by atoms with Crippen LogP contribution in [0.3, 0.4) is 0 Å². The maximum Gasteiger partial charge on any atom is 0.123 e. The molecular formula is C20H26FN3O. The summed E-state index contributed by atoms with van der Waals surface area (Å²) < 4.78 is 15.6. The highest BCUT2D eigenvalue weighted by Crippen LogP contribution is 2.46. The lowest BCUT2D eigenvalue weighted by molar-refractivity contribution is -0.0597. The van der Waals surface area contributed by atoms with Crippen LogP contribution in [-0.4, -0.2) is 31.9 Å². The second kappa shape index (κ2) is 6.22. The smallest absolute Gasteiger partial charge is 0.123 e. The number of hydrogen-bond donors (Lipinski definition) is 1. The average molecular weight is 343 g/mol. The lowest BCUT2D eigenvalue weighted by Crippen LogP contribution is -2.49. The highest BCUT2D eigenvalue weighted by atomic mass is 19.1. The zero-order valence-electron chi connectivity index (χ0n) is 15.0. The third-order valence-corrected chi connectivity index (χ3v) is 6.00. The van der Waals surface area contributed by atoms with Crippen molar-refractivity contribution in [3.63, 3.8) is 0 Å². The molecule has 2 atom stereocenters. The van der Waals surface area contributed by atoms with Gasteiger partial charge in [-0.15, -0.1) is 0 Å². The van der Waals surface area contributed by atoms with Crippen molar-refractivity contribution >= 4 is 0 Å². The van der Waals surface area contributed by atoms with Gasteiger partial charge in [-0.1, -0.05) is 12.1 Å². The molecule has 0 radical (unpaired) electrons. The van der Waals surface area contributed by atoms with Crippen LogP contribution in [0.2, 0.25) is 0 Å². The van der Waals surface area contributed by atoms with Crippen molar-refractivity contribution in [1.82, 2.24) is 14.7 Å². The van der Waals surface area contributed by atoms with Crippen molar-refractivity contribution in [3.05, 3.63) is 53.1 Å². The molecule has 4 nitrogen and oxygen atoms in total. The Morgan fingerprint density at radius 3 is 2.60 bits per heavy atom. The summed E-state index contributed by atoms with van der Waals surface area (Å²) in [6.07, 6.45) is 5.69. The quantitative estimate of drug-likeness (QED) is 0.925. The normalized spacial score (nSPS) is 29.3. The number of aryl methyl sites for hydroxylation is 2. The highest BCUT2D eigenvalue weighted by molar-refractivity contribution is 5.26. The van der Waals surface area contributed by atoms with Gasteiger partial charge in [-0.25, -0.2) is 4.39 Å². The molecule has 2 aromatic rings. The Morgan fingerprint density at radius 2 is 2.00 bits per heavy atom. The SMILES string of the molecule is CCn1cc(CN2[C@H]3CC[C@H]2CC(O)(c2cccc(F)c2)C3)c(C)n1. The molecule has 0 saturated carbocycles. The van der Waals surface area contributed by atoms with Gasteiger partial charge in [0.2, 0.25) is 0 Å². The molecule has 1 N–H and O–H groups in total. The monoisotopic (exact) mass is 343 g/mol. The van der Waals surface area contributed by atoms with Crippen molar-refractivity contribution < 1.29 is 9.50 Å². The molecule has 2 fully saturated rings. The zero-order valence-corrected chi connectivity index (χ0v) is 15.0. The number of aromatic nitrogens is 2. The summed E-state index contributed by atoms with van der Waals surface area (Å²) >= 11 is 0. The lowest BCUT2D eigenvalue weighted by atomic mass is 9.80. The summed E-state index contributed by atoms with van der Waals surface area (Å²) in [4.78, 5) is 2.53. The van der Waals surface area contributed by atoms with E-state index in [0.717, 1.165) is 37.2 Å². The van der Waals surface area contributed by atoms with E-state index in [-0.39, 0.29) is 5.82 Å². The minimum Gasteiger partial charge on any atom is -0.385 e. The number of aliphatic hydroxyl groups is 1. The van der Waals surface area contributed by atoms with Crippen LogP contribution in [0, 0.1) is 12.7 Å². The van der Waals surface area contributed by atoms with Gasteiger partial charge in [-0.05, 0) is 57.2 Å². The molecule has 0 aliphatic carbocycles. The van der Waals surface area contributed by atoms with Crippen LogP contribution in [-0.2, 0) is 18.7 Å². The van der Waals surface area contributed by atoms with E-state index in [1.54, 1.807) is 6.07 Å². The van der Waals surface area contributed by atoms with Crippen molar-refractivity contribution in [3.8, 4) is 0 Å². The number of halogens is 1. The third kappa shape index (κ3) is 3.00. The first-order valence-corrected chi connectivity index (χ1v) is 9.25. The first-order valence-electron chi connectivity index (χ1n) is 9.25. The summed E-state index contributed by atoms with van der Waals surface area (Å²) in [7, 11) is 0. The van der Waals surface area contributed by atoms with Crippen molar-refractivity contribution in [2.75, 3.05) is 0 Å². The highest BCUT2D eigenvalue weighted by Gasteiger charge is 2.48.